The zero-order valence-electron chi connectivity index (χ0n) is 40.5. The average Bonchev–Trinajstić information content (AvgIpc) is 3.88. The Kier molecular flexibility index (Phi) is 21.0. The first kappa shape index (κ1) is 56.3. The van der Waals surface area contributed by atoms with Crippen molar-refractivity contribution >= 4 is 80.9 Å². The quantitative estimate of drug-likeness (QED) is 0.0245. The molecule has 20 nitrogen and oxygen atoms in total. The van der Waals surface area contributed by atoms with Crippen LogP contribution < -0.4 is 20.8 Å². The molecule has 4 N–H and O–H groups in total. The number of carbonyl (C=O) groups is 5. The zero-order valence-corrected chi connectivity index (χ0v) is 42.9. The van der Waals surface area contributed by atoms with Gasteiger partial charge in [0.25, 0.3) is 21.9 Å². The van der Waals surface area contributed by atoms with Crippen molar-refractivity contribution in [2.45, 2.75) is 137 Å². The molecule has 72 heavy (non-hydrogen) atoms. The summed E-state index contributed by atoms with van der Waals surface area (Å²) in [6.07, 6.45) is 17.3. The van der Waals surface area contributed by atoms with Gasteiger partial charge >= 0.3 is 5.97 Å². The van der Waals surface area contributed by atoms with Gasteiger partial charge in [0, 0.05) is 115 Å². The molecule has 4 heterocycles. The summed E-state index contributed by atoms with van der Waals surface area (Å²) in [6.45, 7) is 5.82. The molecule has 0 radical (unpaired) electrons. The van der Waals surface area contributed by atoms with E-state index in [1.807, 2.05) is 49.4 Å². The van der Waals surface area contributed by atoms with Crippen molar-refractivity contribution in [2.24, 2.45) is 0 Å². The normalized spacial score (nSPS) is 21.7. The second kappa shape index (κ2) is 26.8. The molecule has 4 amide bonds. The van der Waals surface area contributed by atoms with Crippen LogP contribution in [-0.4, -0.2) is 95.1 Å². The molecule has 6 rings (SSSR count). The van der Waals surface area contributed by atoms with Gasteiger partial charge in [-0.15, -0.1) is 9.40 Å². The van der Waals surface area contributed by atoms with Gasteiger partial charge in [-0.1, -0.05) is 48.9 Å². The van der Waals surface area contributed by atoms with Crippen LogP contribution in [0.4, 0.5) is 11.4 Å². The number of allylic oxidation sites excluding steroid dienone is 6. The fraction of sp³-hybridized carbons (Fsp3) is 0.510. The van der Waals surface area contributed by atoms with Crippen molar-refractivity contribution in [1.82, 2.24) is 15.7 Å². The largest absolute Gasteiger partial charge is 0.691 e. The summed E-state index contributed by atoms with van der Waals surface area (Å²) < 4.78 is 46.5. The third-order valence-electron chi connectivity index (χ3n) is 13.4. The molecule has 1 saturated heterocycles. The van der Waals surface area contributed by atoms with Crippen molar-refractivity contribution in [1.29, 1.82) is 0 Å². The molecule has 0 spiro atoms. The van der Waals surface area contributed by atoms with E-state index in [0.717, 1.165) is 65.3 Å². The highest BCUT2D eigenvalue weighted by Crippen LogP contribution is 2.52. The van der Waals surface area contributed by atoms with Crippen molar-refractivity contribution < 1.29 is 75.6 Å². The van der Waals surface area contributed by atoms with E-state index in [4.69, 9.17) is 14.4 Å². The number of rotatable bonds is 17. The Morgan fingerprint density at radius 2 is 1.58 bits per heavy atom. The molecular weight excluding hydrogens is 995 g/mol. The smallest absolute Gasteiger partial charge is 0.333 e. The summed E-state index contributed by atoms with van der Waals surface area (Å²) in [4.78, 5) is 70.0. The van der Waals surface area contributed by atoms with Gasteiger partial charge in [0.2, 0.25) is 17.5 Å². The van der Waals surface area contributed by atoms with Gasteiger partial charge in [0.15, 0.2) is 5.71 Å². The molecule has 4 aliphatic rings. The lowest BCUT2D eigenvalue weighted by atomic mass is 9.75. The highest BCUT2D eigenvalue weighted by Gasteiger charge is 2.48. The molecule has 4 aliphatic heterocycles. The SMILES string of the molecule is CC1(CCCCCC(=O)ON2C(=O)CCC2=O)C2=CC=CC=CC3=[N+](CCCSOOO)c4ccc(S(=O)(=O)O)cc4C3(C)CCCCC(=O)NCCNC(=O)CCCCCN2c2ccc(SOO[O-])cc21. The number of hydrogen-bond acceptors (Lipinski definition) is 17. The van der Waals surface area contributed by atoms with Crippen molar-refractivity contribution in [3.63, 3.8) is 0 Å². The van der Waals surface area contributed by atoms with E-state index >= 15 is 0 Å². The maximum Gasteiger partial charge on any atom is 0.333 e. The number of hydroxylamine groups is 2. The molecule has 0 bridgehead atoms. The molecule has 392 valence electrons. The Morgan fingerprint density at radius 3 is 2.29 bits per heavy atom. The fourth-order valence-electron chi connectivity index (χ4n) is 9.84. The van der Waals surface area contributed by atoms with E-state index in [1.165, 1.54) is 12.1 Å². The number of unbranched alkanes of at least 4 members (excludes halogenated alkanes) is 2. The Morgan fingerprint density at radius 1 is 0.847 bits per heavy atom. The maximum atomic E-state index is 12.8. The lowest BCUT2D eigenvalue weighted by Gasteiger charge is -2.30. The van der Waals surface area contributed by atoms with Gasteiger partial charge in [-0.2, -0.15) is 17.3 Å². The van der Waals surface area contributed by atoms with Crippen molar-refractivity contribution in [3.05, 3.63) is 83.6 Å². The van der Waals surface area contributed by atoms with Crippen LogP contribution in [0.3, 0.4) is 0 Å². The first-order valence-corrected chi connectivity index (χ1v) is 27.3. The molecule has 2 aromatic rings. The Hall–Kier alpha value is -4.95. The first-order chi connectivity index (χ1) is 34.6. The minimum atomic E-state index is -4.56. The Labute approximate surface area is 428 Å². The number of hydrogen-bond donors (Lipinski definition) is 4. The van der Waals surface area contributed by atoms with Crippen molar-refractivity contribution in [2.75, 3.05) is 36.8 Å². The Balaban J connectivity index is 1.35. The van der Waals surface area contributed by atoms with Gasteiger partial charge in [0.05, 0.1) is 22.4 Å². The molecular formula is C49H63N5O15S3. The predicted molar refractivity (Wildman–Crippen MR) is 264 cm³/mol. The fourth-order valence-corrected chi connectivity index (χ4v) is 11.1. The first-order valence-electron chi connectivity index (χ1n) is 24.2. The summed E-state index contributed by atoms with van der Waals surface area (Å²) in [6, 6.07) is 10.4. The maximum absolute atomic E-state index is 12.8. The van der Waals surface area contributed by atoms with Crippen LogP contribution in [0, 0.1) is 0 Å². The second-order valence-electron chi connectivity index (χ2n) is 18.3. The van der Waals surface area contributed by atoms with E-state index in [2.05, 4.69) is 47.5 Å². The summed E-state index contributed by atoms with van der Waals surface area (Å²) in [7, 11) is -4.56. The third kappa shape index (κ3) is 14.6. The molecule has 0 aromatic heterocycles. The lowest BCUT2D eigenvalue weighted by Crippen LogP contribution is -2.34. The minimum absolute atomic E-state index is 0.00971. The van der Waals surface area contributed by atoms with Crippen LogP contribution >= 0.6 is 24.1 Å². The van der Waals surface area contributed by atoms with Gasteiger partial charge in [0.1, 0.15) is 6.54 Å². The molecule has 23 heteroatoms. The van der Waals surface area contributed by atoms with Crippen LogP contribution in [-0.2, 0) is 68.5 Å². The molecule has 1 fully saturated rings. The molecule has 0 saturated carbocycles. The van der Waals surface area contributed by atoms with E-state index in [0.29, 0.717) is 98.6 Å². The third-order valence-corrected chi connectivity index (χ3v) is 15.5. The van der Waals surface area contributed by atoms with Gasteiger partial charge < -0.3 is 25.6 Å². The molecule has 0 aliphatic carbocycles. The summed E-state index contributed by atoms with van der Waals surface area (Å²) in [5.74, 6) is -1.53. The number of anilines is 1. The topological polar surface area (TPSA) is 263 Å². The monoisotopic (exact) mass is 1060 g/mol. The highest BCUT2D eigenvalue weighted by atomic mass is 32.2. The second-order valence-corrected chi connectivity index (χ2v) is 21.3. The van der Waals surface area contributed by atoms with Crippen molar-refractivity contribution in [3.8, 4) is 0 Å². The standard InChI is InChI=1S/C49H63N5O15S3/c1-48(26-11-4-9-19-47(59)65-54-45(57)24-25-46(54)58)37-33-35(71-69-67-61)20-22-39(37)52-30-13-5-8-17-43(55)50-28-29-51-44(56)18-10-12-27-49(2)38-34-36(72(62,63)64)21-23-40(38)53(31-14-32-70-68-66-60)42(49)16-7-3-6-15-41(48)52/h3,6-7,15-16,20-23,33-34H,4-5,8-14,17-19,24-32H2,1-2H3,(H4-,50,51,55,56,60,61,62,63,64). The van der Waals surface area contributed by atoms with Crippen LogP contribution in [0.2, 0.25) is 0 Å². The van der Waals surface area contributed by atoms with Gasteiger partial charge in [-0.05, 0) is 94.3 Å². The number of nitrogens with one attached hydrogen (secondary N) is 2. The van der Waals surface area contributed by atoms with E-state index in [-0.39, 0.29) is 55.5 Å². The van der Waals surface area contributed by atoms with E-state index in [1.54, 1.807) is 6.07 Å². The van der Waals surface area contributed by atoms with E-state index in [9.17, 15) is 42.2 Å². The molecule has 2 atom stereocenters. The summed E-state index contributed by atoms with van der Waals surface area (Å²) >= 11 is 1.72. The predicted octanol–water partition coefficient (Wildman–Crippen LogP) is 6.68. The number of imide groups is 1. The van der Waals surface area contributed by atoms with Crippen LogP contribution in [0.25, 0.3) is 0 Å². The summed E-state index contributed by atoms with van der Waals surface area (Å²) in [5.41, 5.74) is 3.86. The molecule has 2 aromatic carbocycles. The van der Waals surface area contributed by atoms with E-state index < -0.39 is 38.7 Å². The minimum Gasteiger partial charge on any atom is -0.691 e. The number of carbonyl (C=O) groups excluding carboxylic acids is 5. The number of nitrogens with zero attached hydrogens (tertiary/aromatic N) is 3. The highest BCUT2D eigenvalue weighted by molar-refractivity contribution is 7.94. The molecule has 2 unspecified atom stereocenters. The van der Waals surface area contributed by atoms with Crippen LogP contribution in [0.5, 0.6) is 0 Å². The van der Waals surface area contributed by atoms with Crippen LogP contribution in [0.1, 0.15) is 128 Å². The lowest BCUT2D eigenvalue weighted by molar-refractivity contribution is -0.777. The number of fused-ring (bicyclic) bond motifs is 6. The Bertz CT molecular complexity index is 2520. The average molecular weight is 1060 g/mol. The number of benzene rings is 2. The summed E-state index contributed by atoms with van der Waals surface area (Å²) in [5, 5.41) is 33.3. The zero-order chi connectivity index (χ0) is 51.7. The van der Waals surface area contributed by atoms with Gasteiger partial charge in [-0.25, -0.2) is 10.1 Å². The van der Waals surface area contributed by atoms with Crippen LogP contribution in [0.15, 0.2) is 82.3 Å². The number of amides is 4. The van der Waals surface area contributed by atoms with Gasteiger partial charge in [-0.3, -0.25) is 28.8 Å².